The third kappa shape index (κ3) is 2.36. The molecule has 1 amide bonds. The molecule has 0 saturated carbocycles. The van der Waals surface area contributed by atoms with Crippen molar-refractivity contribution in [3.8, 4) is 0 Å². The third-order valence-electron chi connectivity index (χ3n) is 2.31. The lowest BCUT2D eigenvalue weighted by atomic mass is 10.1. The van der Waals surface area contributed by atoms with Gasteiger partial charge in [0.25, 0.3) is 0 Å². The summed E-state index contributed by atoms with van der Waals surface area (Å²) < 4.78 is 1.42. The van der Waals surface area contributed by atoms with Gasteiger partial charge in [-0.05, 0) is 6.42 Å². The molecule has 0 saturated heterocycles. The van der Waals surface area contributed by atoms with Gasteiger partial charge in [-0.15, -0.1) is 5.10 Å². The van der Waals surface area contributed by atoms with Crippen LogP contribution < -0.4 is 5.73 Å². The minimum absolute atomic E-state index is 0.0702. The largest absolute Gasteiger partial charge is 0.476 e. The van der Waals surface area contributed by atoms with Gasteiger partial charge >= 0.3 is 5.97 Å². The highest BCUT2D eigenvalue weighted by Gasteiger charge is 2.19. The highest BCUT2D eigenvalue weighted by atomic mass is 16.4. The minimum Gasteiger partial charge on any atom is -0.476 e. The van der Waals surface area contributed by atoms with Gasteiger partial charge in [-0.2, -0.15) is 0 Å². The number of aromatic nitrogens is 3. The molecule has 7 nitrogen and oxygen atoms in total. The molecule has 7 heteroatoms. The van der Waals surface area contributed by atoms with E-state index in [1.165, 1.54) is 4.68 Å². The Labute approximate surface area is 92.2 Å². The second kappa shape index (κ2) is 4.73. The average Bonchev–Trinajstić information content (AvgIpc) is 2.60. The second-order valence-corrected chi connectivity index (χ2v) is 3.53. The molecule has 16 heavy (non-hydrogen) atoms. The van der Waals surface area contributed by atoms with Crippen LogP contribution >= 0.6 is 0 Å². The molecule has 1 heterocycles. The van der Waals surface area contributed by atoms with Crippen molar-refractivity contribution in [2.24, 2.45) is 11.7 Å². The van der Waals surface area contributed by atoms with Gasteiger partial charge in [-0.3, -0.25) is 4.79 Å². The number of nitrogens with zero attached hydrogens (tertiary/aromatic N) is 3. The highest BCUT2D eigenvalue weighted by Crippen LogP contribution is 2.09. The Balaban J connectivity index is 2.97. The number of aromatic carboxylic acids is 1. The van der Waals surface area contributed by atoms with Crippen LogP contribution in [0.4, 0.5) is 0 Å². The summed E-state index contributed by atoms with van der Waals surface area (Å²) >= 11 is 0. The van der Waals surface area contributed by atoms with E-state index in [4.69, 9.17) is 10.8 Å². The summed E-state index contributed by atoms with van der Waals surface area (Å²) in [6.45, 7) is 3.71. The van der Waals surface area contributed by atoms with Crippen LogP contribution in [0.2, 0.25) is 0 Å². The molecule has 0 aliphatic heterocycles. The van der Waals surface area contributed by atoms with E-state index < -0.39 is 17.8 Å². The predicted molar refractivity (Wildman–Crippen MR) is 54.7 cm³/mol. The maximum absolute atomic E-state index is 10.9. The Morgan fingerprint density at radius 3 is 2.62 bits per heavy atom. The summed E-state index contributed by atoms with van der Waals surface area (Å²) in [6, 6.07) is 0. The Morgan fingerprint density at radius 2 is 2.19 bits per heavy atom. The average molecular weight is 226 g/mol. The molecule has 0 radical (unpaired) electrons. The number of amides is 1. The maximum Gasteiger partial charge on any atom is 0.358 e. The number of carbonyl (C=O) groups excluding carboxylic acids is 1. The van der Waals surface area contributed by atoms with E-state index in [9.17, 15) is 9.59 Å². The van der Waals surface area contributed by atoms with Gasteiger partial charge < -0.3 is 10.8 Å². The van der Waals surface area contributed by atoms with Crippen LogP contribution in [0.15, 0.2) is 0 Å². The number of hydrogen-bond donors (Lipinski definition) is 2. The van der Waals surface area contributed by atoms with Crippen LogP contribution in [-0.2, 0) is 17.8 Å². The molecule has 0 aliphatic carbocycles. The van der Waals surface area contributed by atoms with Gasteiger partial charge in [0, 0.05) is 0 Å². The Hall–Kier alpha value is -1.92. The molecular weight excluding hydrogens is 212 g/mol. The fourth-order valence-corrected chi connectivity index (χ4v) is 1.34. The van der Waals surface area contributed by atoms with Crippen molar-refractivity contribution in [3.63, 3.8) is 0 Å². The van der Waals surface area contributed by atoms with Gasteiger partial charge in [0.05, 0.1) is 18.2 Å². The van der Waals surface area contributed by atoms with Crippen LogP contribution in [0.25, 0.3) is 0 Å². The zero-order valence-electron chi connectivity index (χ0n) is 9.17. The van der Waals surface area contributed by atoms with Gasteiger partial charge in [0.2, 0.25) is 5.91 Å². The molecule has 0 aromatic carbocycles. The smallest absolute Gasteiger partial charge is 0.358 e. The summed E-state index contributed by atoms with van der Waals surface area (Å²) in [5.74, 6) is -1.97. The summed E-state index contributed by atoms with van der Waals surface area (Å²) in [4.78, 5) is 21.7. The zero-order chi connectivity index (χ0) is 12.3. The molecular formula is C9H14N4O3. The highest BCUT2D eigenvalue weighted by molar-refractivity contribution is 5.86. The Bertz CT molecular complexity index is 413. The molecule has 3 N–H and O–H groups in total. The van der Waals surface area contributed by atoms with E-state index in [0.717, 1.165) is 0 Å². The number of rotatable bonds is 5. The van der Waals surface area contributed by atoms with Crippen LogP contribution in [-0.4, -0.2) is 32.0 Å². The van der Waals surface area contributed by atoms with Crippen molar-refractivity contribution in [1.29, 1.82) is 0 Å². The van der Waals surface area contributed by atoms with Gasteiger partial charge in [-0.25, -0.2) is 9.48 Å². The lowest BCUT2D eigenvalue weighted by molar-refractivity contribution is -0.121. The Morgan fingerprint density at radius 1 is 1.56 bits per heavy atom. The lowest BCUT2D eigenvalue weighted by Gasteiger charge is -2.08. The Kier molecular flexibility index (Phi) is 3.60. The lowest BCUT2D eigenvalue weighted by Crippen LogP contribution is -2.26. The summed E-state index contributed by atoms with van der Waals surface area (Å²) in [6.07, 6.45) is 0.486. The van der Waals surface area contributed by atoms with Crippen LogP contribution in [0.1, 0.15) is 30.0 Å². The number of carbonyl (C=O) groups is 2. The summed E-state index contributed by atoms with van der Waals surface area (Å²) in [5.41, 5.74) is 5.56. The number of hydrogen-bond acceptors (Lipinski definition) is 4. The van der Waals surface area contributed by atoms with Gasteiger partial charge in [0.1, 0.15) is 0 Å². The normalized spacial score (nSPS) is 12.4. The molecule has 0 aliphatic rings. The molecule has 0 bridgehead atoms. The number of carboxylic acids is 1. The first-order valence-corrected chi connectivity index (χ1v) is 4.92. The molecule has 1 aromatic heterocycles. The van der Waals surface area contributed by atoms with Crippen molar-refractivity contribution in [3.05, 3.63) is 11.4 Å². The predicted octanol–water partition coefficient (Wildman–Crippen LogP) is -0.340. The molecule has 0 spiro atoms. The maximum atomic E-state index is 10.9. The van der Waals surface area contributed by atoms with Crippen molar-refractivity contribution in [1.82, 2.24) is 15.0 Å². The molecule has 1 rings (SSSR count). The van der Waals surface area contributed by atoms with Crippen molar-refractivity contribution in [2.75, 3.05) is 0 Å². The first-order chi connectivity index (χ1) is 7.47. The standard InChI is InChI=1S/C9H14N4O3/c1-3-6-7(9(15)16)11-12-13(6)4-5(2)8(10)14/h5H,3-4H2,1-2H3,(H2,10,14)(H,15,16). The minimum atomic E-state index is -1.12. The fourth-order valence-electron chi connectivity index (χ4n) is 1.34. The van der Waals surface area contributed by atoms with Crippen molar-refractivity contribution < 1.29 is 14.7 Å². The van der Waals surface area contributed by atoms with Crippen molar-refractivity contribution >= 4 is 11.9 Å². The third-order valence-corrected chi connectivity index (χ3v) is 2.31. The molecule has 1 aromatic rings. The fraction of sp³-hybridized carbons (Fsp3) is 0.556. The van der Waals surface area contributed by atoms with E-state index in [2.05, 4.69) is 10.3 Å². The van der Waals surface area contributed by atoms with Gasteiger partial charge in [0.15, 0.2) is 5.69 Å². The number of primary amides is 1. The number of nitrogens with two attached hydrogens (primary N) is 1. The summed E-state index contributed by atoms with van der Waals surface area (Å²) in [7, 11) is 0. The zero-order valence-corrected chi connectivity index (χ0v) is 9.17. The molecule has 88 valence electrons. The van der Waals surface area contributed by atoms with Crippen molar-refractivity contribution in [2.45, 2.75) is 26.8 Å². The quantitative estimate of drug-likeness (QED) is 0.713. The molecule has 1 unspecified atom stereocenters. The summed E-state index contributed by atoms with van der Waals surface area (Å²) in [5, 5.41) is 16.1. The topological polar surface area (TPSA) is 111 Å². The first kappa shape index (κ1) is 12.2. The molecule has 1 atom stereocenters. The van der Waals surface area contributed by atoms with Gasteiger partial charge in [-0.1, -0.05) is 19.1 Å². The van der Waals surface area contributed by atoms with E-state index in [-0.39, 0.29) is 12.2 Å². The van der Waals surface area contributed by atoms with E-state index in [1.54, 1.807) is 13.8 Å². The first-order valence-electron chi connectivity index (χ1n) is 4.92. The van der Waals surface area contributed by atoms with E-state index >= 15 is 0 Å². The van der Waals surface area contributed by atoms with E-state index in [1.807, 2.05) is 0 Å². The SMILES string of the molecule is CCc1c(C(=O)O)nnn1CC(C)C(N)=O. The number of carboxylic acid groups (broad SMARTS) is 1. The van der Waals surface area contributed by atoms with E-state index in [0.29, 0.717) is 12.1 Å². The monoisotopic (exact) mass is 226 g/mol. The van der Waals surface area contributed by atoms with Crippen LogP contribution in [0.5, 0.6) is 0 Å². The molecule has 0 fully saturated rings. The second-order valence-electron chi connectivity index (χ2n) is 3.53. The van der Waals surface area contributed by atoms with Crippen LogP contribution in [0, 0.1) is 5.92 Å². The van der Waals surface area contributed by atoms with Crippen LogP contribution in [0.3, 0.4) is 0 Å².